The average Bonchev–Trinajstić information content (AvgIpc) is 2.23. The number of hydrogen-bond acceptors (Lipinski definition) is 2. The SMILES string of the molecule is CCCCCCC(N)CCCCCC(=O)O. The minimum Gasteiger partial charge on any atom is -0.481 e. The first-order chi connectivity index (χ1) is 7.66. The van der Waals surface area contributed by atoms with Gasteiger partial charge in [-0.3, -0.25) is 4.79 Å². The molecule has 0 aliphatic heterocycles. The molecule has 1 unspecified atom stereocenters. The Labute approximate surface area is 99.4 Å². The predicted molar refractivity (Wildman–Crippen MR) is 67.5 cm³/mol. The third-order valence-corrected chi connectivity index (χ3v) is 2.89. The van der Waals surface area contributed by atoms with Gasteiger partial charge in [-0.2, -0.15) is 0 Å². The van der Waals surface area contributed by atoms with Crippen LogP contribution in [0.25, 0.3) is 0 Å². The molecule has 96 valence electrons. The minimum atomic E-state index is -0.691. The Morgan fingerprint density at radius 3 is 2.12 bits per heavy atom. The molecule has 3 heteroatoms. The minimum absolute atomic E-state index is 0.297. The van der Waals surface area contributed by atoms with Crippen molar-refractivity contribution in [3.63, 3.8) is 0 Å². The highest BCUT2D eigenvalue weighted by molar-refractivity contribution is 5.66. The molecule has 0 bridgehead atoms. The standard InChI is InChI=1S/C13H27NO2/c1-2-3-4-6-9-12(14)10-7-5-8-11-13(15)16/h12H,2-11,14H2,1H3,(H,15,16). The fourth-order valence-electron chi connectivity index (χ4n) is 1.84. The van der Waals surface area contributed by atoms with Crippen LogP contribution in [0.5, 0.6) is 0 Å². The van der Waals surface area contributed by atoms with E-state index in [1.807, 2.05) is 0 Å². The molecule has 0 aromatic heterocycles. The third kappa shape index (κ3) is 11.5. The number of aliphatic carboxylic acids is 1. The molecule has 0 radical (unpaired) electrons. The molecule has 0 rings (SSSR count). The van der Waals surface area contributed by atoms with Crippen molar-refractivity contribution >= 4 is 5.97 Å². The number of nitrogens with two attached hydrogens (primary N) is 1. The molecule has 0 amide bonds. The van der Waals surface area contributed by atoms with Crippen molar-refractivity contribution in [2.75, 3.05) is 0 Å². The van der Waals surface area contributed by atoms with Crippen LogP contribution in [0.4, 0.5) is 0 Å². The number of hydrogen-bond donors (Lipinski definition) is 2. The highest BCUT2D eigenvalue weighted by atomic mass is 16.4. The van der Waals surface area contributed by atoms with Crippen LogP contribution in [0.2, 0.25) is 0 Å². The average molecular weight is 229 g/mol. The molecular formula is C13H27NO2. The van der Waals surface area contributed by atoms with Crippen LogP contribution in [0.15, 0.2) is 0 Å². The molecular weight excluding hydrogens is 202 g/mol. The van der Waals surface area contributed by atoms with Crippen LogP contribution < -0.4 is 5.73 Å². The van der Waals surface area contributed by atoms with Crippen LogP contribution in [-0.4, -0.2) is 17.1 Å². The normalized spacial score (nSPS) is 12.6. The molecule has 3 N–H and O–H groups in total. The van der Waals surface area contributed by atoms with Crippen molar-refractivity contribution in [3.8, 4) is 0 Å². The number of carbonyl (C=O) groups is 1. The fraction of sp³-hybridized carbons (Fsp3) is 0.923. The topological polar surface area (TPSA) is 63.3 Å². The van der Waals surface area contributed by atoms with Gasteiger partial charge in [-0.15, -0.1) is 0 Å². The second-order valence-corrected chi connectivity index (χ2v) is 4.60. The predicted octanol–water partition coefficient (Wildman–Crippen LogP) is 3.32. The van der Waals surface area contributed by atoms with E-state index in [0.29, 0.717) is 12.5 Å². The van der Waals surface area contributed by atoms with E-state index < -0.39 is 5.97 Å². The van der Waals surface area contributed by atoms with Gasteiger partial charge < -0.3 is 10.8 Å². The summed E-state index contributed by atoms with van der Waals surface area (Å²) in [4.78, 5) is 10.3. The Morgan fingerprint density at radius 2 is 1.62 bits per heavy atom. The van der Waals surface area contributed by atoms with Crippen LogP contribution in [0, 0.1) is 0 Å². The van der Waals surface area contributed by atoms with Crippen molar-refractivity contribution in [1.29, 1.82) is 0 Å². The summed E-state index contributed by atoms with van der Waals surface area (Å²) in [6, 6.07) is 0.321. The number of carboxylic acid groups (broad SMARTS) is 1. The molecule has 0 aromatic carbocycles. The van der Waals surface area contributed by atoms with Crippen molar-refractivity contribution in [3.05, 3.63) is 0 Å². The quantitative estimate of drug-likeness (QED) is 0.534. The lowest BCUT2D eigenvalue weighted by molar-refractivity contribution is -0.137. The molecule has 3 nitrogen and oxygen atoms in total. The molecule has 0 aliphatic carbocycles. The Hall–Kier alpha value is -0.570. The van der Waals surface area contributed by atoms with E-state index >= 15 is 0 Å². The number of carboxylic acids is 1. The van der Waals surface area contributed by atoms with Crippen molar-refractivity contribution in [2.45, 2.75) is 77.2 Å². The summed E-state index contributed by atoms with van der Waals surface area (Å²) < 4.78 is 0. The Morgan fingerprint density at radius 1 is 1.06 bits per heavy atom. The summed E-state index contributed by atoms with van der Waals surface area (Å²) in [5.41, 5.74) is 5.98. The first-order valence-corrected chi connectivity index (χ1v) is 6.64. The van der Waals surface area contributed by atoms with Gasteiger partial charge in [0.05, 0.1) is 0 Å². The second-order valence-electron chi connectivity index (χ2n) is 4.60. The zero-order valence-corrected chi connectivity index (χ0v) is 10.6. The van der Waals surface area contributed by atoms with Crippen LogP contribution in [0.3, 0.4) is 0 Å². The Balaban J connectivity index is 3.17. The lowest BCUT2D eigenvalue weighted by Crippen LogP contribution is -2.19. The number of unbranched alkanes of at least 4 members (excludes halogenated alkanes) is 5. The lowest BCUT2D eigenvalue weighted by Gasteiger charge is -2.10. The summed E-state index contributed by atoms with van der Waals surface area (Å²) in [5.74, 6) is -0.691. The maximum absolute atomic E-state index is 10.3. The summed E-state index contributed by atoms with van der Waals surface area (Å²) in [6.45, 7) is 2.21. The van der Waals surface area contributed by atoms with Crippen LogP contribution in [-0.2, 0) is 4.79 Å². The third-order valence-electron chi connectivity index (χ3n) is 2.89. The van der Waals surface area contributed by atoms with Gasteiger partial charge in [-0.25, -0.2) is 0 Å². The summed E-state index contributed by atoms with van der Waals surface area (Å²) in [7, 11) is 0. The van der Waals surface area contributed by atoms with Gasteiger partial charge >= 0.3 is 5.97 Å². The highest BCUT2D eigenvalue weighted by Gasteiger charge is 2.02. The molecule has 0 aliphatic rings. The van der Waals surface area contributed by atoms with E-state index in [1.54, 1.807) is 0 Å². The first-order valence-electron chi connectivity index (χ1n) is 6.64. The zero-order valence-electron chi connectivity index (χ0n) is 10.6. The fourth-order valence-corrected chi connectivity index (χ4v) is 1.84. The van der Waals surface area contributed by atoms with E-state index in [2.05, 4.69) is 6.92 Å². The highest BCUT2D eigenvalue weighted by Crippen LogP contribution is 2.10. The van der Waals surface area contributed by atoms with E-state index in [4.69, 9.17) is 10.8 Å². The maximum atomic E-state index is 10.3. The van der Waals surface area contributed by atoms with Gasteiger partial charge in [0.1, 0.15) is 0 Å². The monoisotopic (exact) mass is 229 g/mol. The van der Waals surface area contributed by atoms with Crippen molar-refractivity contribution < 1.29 is 9.90 Å². The Kier molecular flexibility index (Phi) is 10.5. The van der Waals surface area contributed by atoms with Gasteiger partial charge in [-0.05, 0) is 19.3 Å². The smallest absolute Gasteiger partial charge is 0.303 e. The Bertz CT molecular complexity index is 171. The lowest BCUT2D eigenvalue weighted by atomic mass is 10.0. The first kappa shape index (κ1) is 15.4. The largest absolute Gasteiger partial charge is 0.481 e. The van der Waals surface area contributed by atoms with Crippen LogP contribution in [0.1, 0.15) is 71.1 Å². The molecule has 0 heterocycles. The zero-order chi connectivity index (χ0) is 12.2. The molecule has 0 saturated heterocycles. The van der Waals surface area contributed by atoms with Gasteiger partial charge in [0.15, 0.2) is 0 Å². The van der Waals surface area contributed by atoms with Crippen LogP contribution >= 0.6 is 0 Å². The van der Waals surface area contributed by atoms with E-state index in [-0.39, 0.29) is 0 Å². The van der Waals surface area contributed by atoms with Gasteiger partial charge in [0.25, 0.3) is 0 Å². The molecule has 1 atom stereocenters. The van der Waals surface area contributed by atoms with Gasteiger partial charge in [0, 0.05) is 12.5 Å². The molecule has 0 aromatic rings. The summed E-state index contributed by atoms with van der Waals surface area (Å²) in [5, 5.41) is 8.46. The second kappa shape index (κ2) is 10.9. The maximum Gasteiger partial charge on any atom is 0.303 e. The van der Waals surface area contributed by atoms with E-state index in [0.717, 1.165) is 32.1 Å². The summed E-state index contributed by atoms with van der Waals surface area (Å²) in [6.07, 6.45) is 10.4. The summed E-state index contributed by atoms with van der Waals surface area (Å²) >= 11 is 0. The molecule has 0 fully saturated rings. The molecule has 0 saturated carbocycles. The molecule has 16 heavy (non-hydrogen) atoms. The van der Waals surface area contributed by atoms with E-state index in [1.165, 1.54) is 25.7 Å². The van der Waals surface area contributed by atoms with Gasteiger partial charge in [0.2, 0.25) is 0 Å². The number of rotatable bonds is 11. The van der Waals surface area contributed by atoms with Crippen molar-refractivity contribution in [1.82, 2.24) is 0 Å². The van der Waals surface area contributed by atoms with Gasteiger partial charge in [-0.1, -0.05) is 45.4 Å². The van der Waals surface area contributed by atoms with Crippen molar-refractivity contribution in [2.24, 2.45) is 5.73 Å². The van der Waals surface area contributed by atoms with E-state index in [9.17, 15) is 4.79 Å². The molecule has 0 spiro atoms.